The van der Waals surface area contributed by atoms with Crippen molar-refractivity contribution in [3.05, 3.63) is 104 Å². The number of carbonyl (C=O) groups is 3. The topological polar surface area (TPSA) is 486 Å². The number of nitro groups is 1. The smallest absolute Gasteiger partial charge is 0.416 e. The Hall–Kier alpha value is -8.03. The van der Waals surface area contributed by atoms with E-state index in [2.05, 4.69) is 64.4 Å². The lowest BCUT2D eigenvalue weighted by Gasteiger charge is -2.14. The van der Waals surface area contributed by atoms with E-state index in [0.29, 0.717) is 23.0 Å². The molecule has 6 aromatic rings. The zero-order valence-electron chi connectivity index (χ0n) is 48.0. The summed E-state index contributed by atoms with van der Waals surface area (Å²) < 4.78 is 178. The third-order valence-electron chi connectivity index (χ3n) is 9.68. The number of alkyl halides is 6. The van der Waals surface area contributed by atoms with E-state index in [1.807, 2.05) is 5.32 Å². The maximum absolute atomic E-state index is 12.6. The maximum Gasteiger partial charge on any atom is 0.416 e. The molecule has 4 amide bonds. The Bertz CT molecular complexity index is 3890. The van der Waals surface area contributed by atoms with E-state index >= 15 is 0 Å². The van der Waals surface area contributed by atoms with Gasteiger partial charge < -0.3 is 39.4 Å². The molecule has 33 nitrogen and oxygen atoms in total. The largest absolute Gasteiger partial charge is 0.778 e. The van der Waals surface area contributed by atoms with Gasteiger partial charge in [0.25, 0.3) is 20.0 Å². The number of carboxylic acid groups (broad SMARTS) is 1. The monoisotopic (exact) mass is 1440 g/mol. The lowest BCUT2D eigenvalue weighted by atomic mass is 10.1. The number of ether oxygens (including phenoxy) is 3. The molecule has 0 radical (unpaired) electrons. The summed E-state index contributed by atoms with van der Waals surface area (Å²) >= 11 is 11.5. The van der Waals surface area contributed by atoms with Gasteiger partial charge in [0, 0.05) is 12.6 Å². The predicted molar refractivity (Wildman–Crippen MR) is 313 cm³/mol. The molecule has 91 heavy (non-hydrogen) atoms. The number of aliphatic carboxylic acids is 1. The van der Waals surface area contributed by atoms with Crippen LogP contribution in [0.5, 0.6) is 17.8 Å². The molecule has 0 saturated heterocycles. The van der Waals surface area contributed by atoms with Crippen molar-refractivity contribution in [2.75, 3.05) is 75.0 Å². The number of hydrogen-bond acceptors (Lipinski definition) is 25. The van der Waals surface area contributed by atoms with Gasteiger partial charge in [-0.05, 0) is 60.1 Å². The average molecular weight is 1440 g/mol. The standard InChI is InChI=1S/C15H16F3N5O4S.C14H17N5O7S2.C10H5Cl2F3N4O2.C3H8NO5P.C3H9S/c1-9-19-12(22-14(20-9)27-2)21-13(24)23-28(25,26)11-6-4-3-5-10(11)7-8-15(16,17)18;1-4-27(21,22)9-6-5-7-15-12(9)28(23,24)19-14(20)18-13-16-10(25-2)8-11(17-13)26-3;11-5-1-4(10(13,14)15)2-6(12)8(5)18-9(16)7(3-17-18)19(20)21;5-3(6)1-4-2-10(7,8)9;1-4(2)3/h3-6H,7-8H2,1-2H3,(H2,19,20,21,22,23,24);5-8H,4H2,1-3H3,(H2,16,17,18,19,20);1-3H,16H2;4H,1-2H2,(H,5,6)(H2,7,8,9);1-3H3/q;;;;+1/p-1. The highest BCUT2D eigenvalue weighted by Gasteiger charge is 2.34. The molecule has 502 valence electrons. The molecule has 0 fully saturated rings. The van der Waals surface area contributed by atoms with Crippen molar-refractivity contribution in [2.24, 2.45) is 0 Å². The number of amides is 4. The van der Waals surface area contributed by atoms with Gasteiger partial charge in [0.2, 0.25) is 29.5 Å². The highest BCUT2D eigenvalue weighted by atomic mass is 35.5. The van der Waals surface area contributed by atoms with E-state index in [0.717, 1.165) is 29.2 Å². The maximum atomic E-state index is 12.6. The molecule has 0 spiro atoms. The number of aromatic nitrogens is 8. The van der Waals surface area contributed by atoms with Gasteiger partial charge >= 0.3 is 42.1 Å². The van der Waals surface area contributed by atoms with Crippen LogP contribution in [0.25, 0.3) is 5.69 Å². The fraction of sp³-hybridized carbons (Fsp3) is 0.333. The van der Waals surface area contributed by atoms with Crippen LogP contribution in [0, 0.1) is 17.0 Å². The van der Waals surface area contributed by atoms with Crippen LogP contribution in [0.2, 0.25) is 10.0 Å². The molecule has 6 rings (SSSR count). The van der Waals surface area contributed by atoms with Crippen molar-refractivity contribution in [3.8, 4) is 23.5 Å². The van der Waals surface area contributed by atoms with Crippen LogP contribution in [0.4, 0.5) is 59.3 Å². The normalized spacial score (nSPS) is 12.0. The summed E-state index contributed by atoms with van der Waals surface area (Å²) in [6, 6.07) is 7.56. The number of nitrogens with two attached hydrogens (primary N) is 1. The predicted octanol–water partition coefficient (Wildman–Crippen LogP) is 4.73. The van der Waals surface area contributed by atoms with Crippen LogP contribution >= 0.6 is 30.8 Å². The van der Waals surface area contributed by atoms with Crippen LogP contribution in [0.3, 0.4) is 0 Å². The van der Waals surface area contributed by atoms with Crippen molar-refractivity contribution in [1.82, 2.24) is 54.4 Å². The lowest BCUT2D eigenvalue weighted by molar-refractivity contribution is -0.383. The molecule has 1 unspecified atom stereocenters. The minimum atomic E-state index is -4.63. The van der Waals surface area contributed by atoms with Crippen molar-refractivity contribution in [3.63, 3.8) is 0 Å². The number of urea groups is 2. The van der Waals surface area contributed by atoms with E-state index in [1.54, 1.807) is 9.44 Å². The van der Waals surface area contributed by atoms with Crippen LogP contribution in [-0.4, -0.2) is 163 Å². The second-order valence-electron chi connectivity index (χ2n) is 17.2. The number of pyridine rings is 1. The number of nitrogen functional groups attached to an aromatic ring is 1. The van der Waals surface area contributed by atoms with Crippen molar-refractivity contribution in [1.29, 1.82) is 0 Å². The van der Waals surface area contributed by atoms with Crippen LogP contribution in [-0.2, 0) is 62.7 Å². The molecule has 2 aromatic carbocycles. The van der Waals surface area contributed by atoms with Crippen LogP contribution < -0.4 is 50.2 Å². The molecule has 0 aliphatic rings. The summed E-state index contributed by atoms with van der Waals surface area (Å²) in [7, 11) is -12.7. The number of methoxy groups -OCH3 is 3. The summed E-state index contributed by atoms with van der Waals surface area (Å²) in [5, 5.41) is 26.9. The minimum Gasteiger partial charge on any atom is -0.778 e. The molecule has 0 aliphatic heterocycles. The molecule has 4 aromatic heterocycles. The Morgan fingerprint density at radius 2 is 1.33 bits per heavy atom. The molecule has 0 aliphatic carbocycles. The average Bonchev–Trinajstić information content (AvgIpc) is 1.79. The first-order valence-corrected chi connectivity index (χ1v) is 33.7. The highest BCUT2D eigenvalue weighted by molar-refractivity contribution is 7.94. The van der Waals surface area contributed by atoms with Gasteiger partial charge in [-0.2, -0.15) is 64.8 Å². The zero-order chi connectivity index (χ0) is 69.6. The van der Waals surface area contributed by atoms with Gasteiger partial charge in [-0.1, -0.05) is 48.3 Å². The number of halogens is 8. The van der Waals surface area contributed by atoms with E-state index in [1.165, 1.54) is 65.5 Å². The second kappa shape index (κ2) is 34.4. The second-order valence-corrected chi connectivity index (χ2v) is 27.6. The molecular weight excluding hydrogens is 1380 g/mol. The zero-order valence-corrected chi connectivity index (χ0v) is 53.7. The Balaban J connectivity index is 0.000000423. The van der Waals surface area contributed by atoms with Gasteiger partial charge in [-0.3, -0.25) is 30.9 Å². The number of nitrogens with one attached hydrogen (secondary N) is 5. The van der Waals surface area contributed by atoms with Crippen LogP contribution in [0.1, 0.15) is 30.3 Å². The highest BCUT2D eigenvalue weighted by Crippen LogP contribution is 2.39. The lowest BCUT2D eigenvalue weighted by Crippen LogP contribution is -2.36. The fourth-order valence-corrected chi connectivity index (χ4v) is 10.8. The first kappa shape index (κ1) is 79.1. The van der Waals surface area contributed by atoms with Crippen molar-refractivity contribution >= 4 is 113 Å². The number of rotatable bonds is 19. The van der Waals surface area contributed by atoms with Gasteiger partial charge in [0.1, 0.15) is 30.2 Å². The molecule has 4 heterocycles. The number of aryl methyl sites for hydroxylation is 2. The minimum absolute atomic E-state index is 0.0612. The van der Waals surface area contributed by atoms with Gasteiger partial charge in [-0.25, -0.2) is 45.5 Å². The fourth-order valence-electron chi connectivity index (χ4n) is 6.00. The Morgan fingerprint density at radius 3 is 1.79 bits per heavy atom. The van der Waals surface area contributed by atoms with E-state index in [4.69, 9.17) is 53.1 Å². The quantitative estimate of drug-likeness (QED) is 0.0178. The molecule has 0 bridgehead atoms. The number of sulfonamides is 2. The van der Waals surface area contributed by atoms with Gasteiger partial charge in [0.05, 0.1) is 90.2 Å². The van der Waals surface area contributed by atoms with Gasteiger partial charge in [-0.15, -0.1) is 0 Å². The van der Waals surface area contributed by atoms with E-state index in [-0.39, 0.29) is 62.5 Å². The first-order valence-electron chi connectivity index (χ1n) is 24.1. The third kappa shape index (κ3) is 27.1. The van der Waals surface area contributed by atoms with E-state index < -0.39 is 130 Å². The van der Waals surface area contributed by atoms with Crippen molar-refractivity contribution < 1.29 is 105 Å². The van der Waals surface area contributed by atoms with E-state index in [9.17, 15) is 85.6 Å². The Morgan fingerprint density at radius 1 is 0.813 bits per heavy atom. The SMILES string of the molecule is CCS(=O)(=O)c1cccnc1S(=O)(=O)NC(=O)Nc1nc(OC)cc(OC)n1.COc1nc(C)nc(NC(=O)NS(=O)(=O)c2ccccc2CCC(F)(F)F)n1.C[S+](C)C.Nc1c([N+](=O)[O-])cnn1-c1c(Cl)cc(C(F)(F)F)cc1Cl.O=C(O)CNCP(=O)([O-])O. The number of carboxylic acids is 1. The molecule has 46 heteroatoms. The summed E-state index contributed by atoms with van der Waals surface area (Å²) in [6.45, 7) is 2.38. The Kier molecular flexibility index (Phi) is 29.9. The van der Waals surface area contributed by atoms with Gasteiger partial charge in [0.15, 0.2) is 14.9 Å². The molecule has 9 N–H and O–H groups in total. The number of nitrogens with zero attached hydrogens (tertiary/aromatic N) is 9. The summed E-state index contributed by atoms with van der Waals surface area (Å²) in [5.41, 5.74) is 3.71. The molecular formula is C45H54Cl2F6N15O18PS4. The summed E-state index contributed by atoms with van der Waals surface area (Å²) in [5.74, 6) is -2.14. The Labute approximate surface area is 525 Å². The van der Waals surface area contributed by atoms with Crippen molar-refractivity contribution in [2.45, 2.75) is 53.9 Å². The number of sulfone groups is 1. The number of carbonyl (C=O) groups excluding carboxylic acids is 2. The number of benzene rings is 2. The van der Waals surface area contributed by atoms with Crippen LogP contribution in [0.15, 0.2) is 81.8 Å². The first-order chi connectivity index (χ1) is 41.9. The summed E-state index contributed by atoms with van der Waals surface area (Å²) in [6.07, 6.45) is -3.01. The summed E-state index contributed by atoms with van der Waals surface area (Å²) in [4.78, 5) is 83.4. The third-order valence-corrected chi connectivity index (χ3v) is 15.5. The number of anilines is 3. The molecule has 1 atom stereocenters. The number of hydrogen-bond donors (Lipinski definition) is 8. The molecule has 0 saturated carbocycles.